The van der Waals surface area contributed by atoms with Crippen LogP contribution in [0.1, 0.15) is 15.9 Å². The van der Waals surface area contributed by atoms with Gasteiger partial charge in [0.15, 0.2) is 12.4 Å². The number of ether oxygens (including phenoxy) is 2. The standard InChI is InChI=1S/C19H16BNO5S/c1-25-15-4-2-3-13(9-15)16(22)11-26-14-7-5-12(6-8-14)10-19(20)17(23)21-18(24)27-19/h2-9H,10-11H2,1H3,(H,21,23,24). The van der Waals surface area contributed by atoms with Crippen molar-refractivity contribution < 1.29 is 23.9 Å². The minimum absolute atomic E-state index is 0.111. The predicted molar refractivity (Wildman–Crippen MR) is 103 cm³/mol. The molecule has 27 heavy (non-hydrogen) atoms. The van der Waals surface area contributed by atoms with Crippen LogP contribution in [0.3, 0.4) is 0 Å². The van der Waals surface area contributed by atoms with Gasteiger partial charge in [0.1, 0.15) is 19.3 Å². The van der Waals surface area contributed by atoms with Gasteiger partial charge in [-0.3, -0.25) is 19.7 Å². The SMILES string of the molecule is [B]C1(Cc2ccc(OCC(=O)c3cccc(OC)c3)cc2)SC(=O)NC1=O. The summed E-state index contributed by atoms with van der Waals surface area (Å²) in [7, 11) is 7.53. The summed E-state index contributed by atoms with van der Waals surface area (Å²) in [6.45, 7) is -0.111. The average molecular weight is 381 g/mol. The first-order chi connectivity index (χ1) is 12.9. The number of hydrogen-bond donors (Lipinski definition) is 1. The van der Waals surface area contributed by atoms with Gasteiger partial charge in [-0.1, -0.05) is 36.0 Å². The van der Waals surface area contributed by atoms with Crippen molar-refractivity contribution in [2.24, 2.45) is 0 Å². The Hall–Kier alpha value is -2.74. The first kappa shape index (κ1) is 19.0. The van der Waals surface area contributed by atoms with E-state index in [0.717, 1.165) is 17.3 Å². The second-order valence-electron chi connectivity index (χ2n) is 6.00. The van der Waals surface area contributed by atoms with Gasteiger partial charge >= 0.3 is 0 Å². The average Bonchev–Trinajstić information content (AvgIpc) is 2.92. The highest BCUT2D eigenvalue weighted by atomic mass is 32.2. The number of carbonyl (C=O) groups excluding carboxylic acids is 3. The molecule has 0 bridgehead atoms. The van der Waals surface area contributed by atoms with Crippen LogP contribution in [0.15, 0.2) is 48.5 Å². The predicted octanol–water partition coefficient (Wildman–Crippen LogP) is 2.35. The molecule has 2 amide bonds. The van der Waals surface area contributed by atoms with E-state index in [2.05, 4.69) is 5.32 Å². The van der Waals surface area contributed by atoms with Crippen LogP contribution in [0.2, 0.25) is 0 Å². The Morgan fingerprint density at radius 2 is 1.89 bits per heavy atom. The number of ketones is 1. The molecule has 2 radical (unpaired) electrons. The van der Waals surface area contributed by atoms with Gasteiger partial charge in [-0.25, -0.2) is 0 Å². The zero-order chi connectivity index (χ0) is 19.4. The Morgan fingerprint density at radius 3 is 2.52 bits per heavy atom. The fourth-order valence-corrected chi connectivity index (χ4v) is 3.44. The molecule has 0 aliphatic carbocycles. The number of methoxy groups -OCH3 is 1. The van der Waals surface area contributed by atoms with Gasteiger partial charge in [0.05, 0.1) is 11.8 Å². The van der Waals surface area contributed by atoms with E-state index >= 15 is 0 Å². The minimum Gasteiger partial charge on any atom is -0.497 e. The molecule has 136 valence electrons. The highest BCUT2D eigenvalue weighted by Gasteiger charge is 2.42. The van der Waals surface area contributed by atoms with Gasteiger partial charge in [0.2, 0.25) is 5.91 Å². The summed E-state index contributed by atoms with van der Waals surface area (Å²) >= 11 is 0.782. The molecule has 6 nitrogen and oxygen atoms in total. The molecule has 1 fully saturated rings. The van der Waals surface area contributed by atoms with Crippen LogP contribution in [-0.4, -0.2) is 43.1 Å². The third-order valence-electron chi connectivity index (χ3n) is 4.03. The van der Waals surface area contributed by atoms with E-state index in [-0.39, 0.29) is 18.8 Å². The van der Waals surface area contributed by atoms with Gasteiger partial charge in [-0.2, -0.15) is 0 Å². The first-order valence-electron chi connectivity index (χ1n) is 8.12. The van der Waals surface area contributed by atoms with Crippen molar-refractivity contribution in [3.8, 4) is 11.5 Å². The van der Waals surface area contributed by atoms with Crippen LogP contribution in [0.4, 0.5) is 4.79 Å². The molecule has 2 aromatic rings. The highest BCUT2D eigenvalue weighted by molar-refractivity contribution is 8.17. The summed E-state index contributed by atoms with van der Waals surface area (Å²) in [5, 5.41) is 1.74. The zero-order valence-corrected chi connectivity index (χ0v) is 15.4. The van der Waals surface area contributed by atoms with Gasteiger partial charge in [-0.15, -0.1) is 0 Å². The van der Waals surface area contributed by atoms with E-state index in [1.807, 2.05) is 0 Å². The number of carbonyl (C=O) groups is 3. The maximum absolute atomic E-state index is 12.2. The Morgan fingerprint density at radius 1 is 1.15 bits per heavy atom. The number of amides is 2. The van der Waals surface area contributed by atoms with E-state index in [4.69, 9.17) is 17.3 Å². The lowest BCUT2D eigenvalue weighted by Crippen LogP contribution is -2.38. The van der Waals surface area contributed by atoms with Gasteiger partial charge < -0.3 is 9.47 Å². The zero-order valence-electron chi connectivity index (χ0n) is 14.6. The van der Waals surface area contributed by atoms with Gasteiger partial charge in [0.25, 0.3) is 5.24 Å². The van der Waals surface area contributed by atoms with Crippen molar-refractivity contribution in [1.82, 2.24) is 5.32 Å². The summed E-state index contributed by atoms with van der Waals surface area (Å²) in [6, 6.07) is 13.7. The molecule has 0 aromatic heterocycles. The molecular formula is C19H16BNO5S. The summed E-state index contributed by atoms with van der Waals surface area (Å²) in [5.41, 5.74) is 1.28. The second kappa shape index (κ2) is 7.88. The maximum atomic E-state index is 12.2. The third kappa shape index (κ3) is 4.52. The summed E-state index contributed by atoms with van der Waals surface area (Å²) in [4.78, 5) is 35.3. The van der Waals surface area contributed by atoms with E-state index in [1.165, 1.54) is 7.11 Å². The molecule has 1 unspecified atom stereocenters. The molecule has 1 N–H and O–H groups in total. The van der Waals surface area contributed by atoms with Crippen LogP contribution < -0.4 is 14.8 Å². The molecule has 0 saturated carbocycles. The topological polar surface area (TPSA) is 81.7 Å². The highest BCUT2D eigenvalue weighted by Crippen LogP contribution is 2.32. The lowest BCUT2D eigenvalue weighted by atomic mass is 9.80. The van der Waals surface area contributed by atoms with Crippen LogP contribution >= 0.6 is 11.8 Å². The molecule has 1 saturated heterocycles. The number of imide groups is 1. The van der Waals surface area contributed by atoms with E-state index in [9.17, 15) is 14.4 Å². The molecule has 1 heterocycles. The molecule has 8 heteroatoms. The first-order valence-corrected chi connectivity index (χ1v) is 8.93. The lowest BCUT2D eigenvalue weighted by molar-refractivity contribution is -0.119. The minimum atomic E-state index is -1.30. The molecule has 1 aliphatic rings. The van der Waals surface area contributed by atoms with Crippen LogP contribution in [0.25, 0.3) is 0 Å². The number of nitrogens with one attached hydrogen (secondary N) is 1. The maximum Gasteiger partial charge on any atom is 0.285 e. The summed E-state index contributed by atoms with van der Waals surface area (Å²) in [6.07, 6.45) is 0.207. The molecule has 3 rings (SSSR count). The Bertz CT molecular complexity index is 886. The van der Waals surface area contributed by atoms with Gasteiger partial charge in [0, 0.05) is 5.56 Å². The summed E-state index contributed by atoms with van der Waals surface area (Å²) < 4.78 is 9.32. The number of rotatable bonds is 7. The number of hydrogen-bond acceptors (Lipinski definition) is 6. The number of Topliss-reactive ketones (excluding diaryl/α,β-unsaturated/α-hetero) is 1. The molecule has 0 spiro atoms. The lowest BCUT2D eigenvalue weighted by Gasteiger charge is -2.18. The largest absolute Gasteiger partial charge is 0.497 e. The molecule has 1 aliphatic heterocycles. The molecule has 2 aromatic carbocycles. The van der Waals surface area contributed by atoms with E-state index in [0.29, 0.717) is 17.1 Å². The normalized spacial score (nSPS) is 18.9. The van der Waals surface area contributed by atoms with Crippen molar-refractivity contribution in [2.75, 3.05) is 13.7 Å². The van der Waals surface area contributed by atoms with Crippen LogP contribution in [0.5, 0.6) is 11.5 Å². The van der Waals surface area contributed by atoms with Crippen molar-refractivity contribution in [3.05, 3.63) is 59.7 Å². The Kier molecular flexibility index (Phi) is 5.55. The third-order valence-corrected chi connectivity index (χ3v) is 5.01. The van der Waals surface area contributed by atoms with Gasteiger partial charge in [-0.05, 0) is 36.2 Å². The number of thioether (sulfide) groups is 1. The van der Waals surface area contributed by atoms with Crippen molar-refractivity contribution >= 4 is 36.5 Å². The smallest absolute Gasteiger partial charge is 0.285 e. The summed E-state index contributed by atoms with van der Waals surface area (Å²) in [5.74, 6) is 0.451. The van der Waals surface area contributed by atoms with Crippen molar-refractivity contribution in [1.29, 1.82) is 0 Å². The monoisotopic (exact) mass is 381 g/mol. The molecule has 1 atom stereocenters. The van der Waals surface area contributed by atoms with Crippen LogP contribution in [-0.2, 0) is 11.2 Å². The Labute approximate surface area is 162 Å². The van der Waals surface area contributed by atoms with E-state index in [1.54, 1.807) is 48.5 Å². The van der Waals surface area contributed by atoms with Crippen molar-refractivity contribution in [2.45, 2.75) is 11.1 Å². The second-order valence-corrected chi connectivity index (χ2v) is 7.30. The van der Waals surface area contributed by atoms with Crippen LogP contribution in [0, 0.1) is 0 Å². The fourth-order valence-electron chi connectivity index (χ4n) is 2.59. The van der Waals surface area contributed by atoms with E-state index < -0.39 is 15.8 Å². The fraction of sp³-hybridized carbons (Fsp3) is 0.211. The van der Waals surface area contributed by atoms with Crippen molar-refractivity contribution in [3.63, 3.8) is 0 Å². The quantitative estimate of drug-likeness (QED) is 0.586. The Balaban J connectivity index is 1.58. The molecular weight excluding hydrogens is 365 g/mol. The number of benzene rings is 2.